The van der Waals surface area contributed by atoms with Crippen molar-refractivity contribution in [1.82, 2.24) is 19.8 Å². The molecule has 3 aliphatic carbocycles. The lowest BCUT2D eigenvalue weighted by Gasteiger charge is -2.47. The number of benzene rings is 2. The van der Waals surface area contributed by atoms with Crippen molar-refractivity contribution in [2.75, 3.05) is 38.1 Å². The number of piperazine rings is 1. The number of ether oxygens (including phenoxy) is 1. The maximum absolute atomic E-state index is 13.1. The predicted octanol–water partition coefficient (Wildman–Crippen LogP) is 8.97. The van der Waals surface area contributed by atoms with Crippen LogP contribution >= 0.6 is 22.9 Å². The molecule has 2 aromatic carbocycles. The van der Waals surface area contributed by atoms with Crippen molar-refractivity contribution in [2.45, 2.75) is 102 Å². The average molecular weight is 768 g/mol. The van der Waals surface area contributed by atoms with E-state index in [0.717, 1.165) is 82.8 Å². The molecule has 2 fully saturated rings. The Kier molecular flexibility index (Phi) is 11.0. The normalized spacial score (nSPS) is 26.3. The van der Waals surface area contributed by atoms with Gasteiger partial charge in [-0.2, -0.15) is 0 Å². The molecule has 1 saturated heterocycles. The van der Waals surface area contributed by atoms with Crippen molar-refractivity contribution in [3.63, 3.8) is 0 Å². The van der Waals surface area contributed by atoms with Crippen LogP contribution in [0.1, 0.15) is 98.4 Å². The molecule has 1 saturated carbocycles. The number of nitrogens with zero attached hydrogens (tertiary/aromatic N) is 4. The summed E-state index contributed by atoms with van der Waals surface area (Å²) < 4.78 is 6.63. The van der Waals surface area contributed by atoms with Crippen molar-refractivity contribution in [3.05, 3.63) is 104 Å². The third kappa shape index (κ3) is 7.79. The van der Waals surface area contributed by atoms with Gasteiger partial charge in [0.25, 0.3) is 0 Å². The Bertz CT molecular complexity index is 1920. The second kappa shape index (κ2) is 15.9. The lowest BCUT2D eigenvalue weighted by Crippen LogP contribution is -2.53. The minimum atomic E-state index is -1.04. The summed E-state index contributed by atoms with van der Waals surface area (Å²) in [6.07, 6.45) is 10.1. The Hall–Kier alpha value is -3.50. The summed E-state index contributed by atoms with van der Waals surface area (Å²) in [4.78, 5) is 27.4. The van der Waals surface area contributed by atoms with Crippen LogP contribution in [-0.4, -0.2) is 69.2 Å². The van der Waals surface area contributed by atoms with Crippen LogP contribution in [0.4, 0.5) is 5.69 Å². The Balaban J connectivity index is 1.01. The number of carbonyl (C=O) groups is 1. The van der Waals surface area contributed by atoms with Gasteiger partial charge in [0.15, 0.2) is 0 Å². The van der Waals surface area contributed by atoms with Crippen LogP contribution in [0.15, 0.2) is 65.6 Å². The molecule has 1 aliphatic heterocycles. The maximum atomic E-state index is 13.1. The van der Waals surface area contributed by atoms with E-state index in [9.17, 15) is 9.90 Å². The first-order valence-corrected chi connectivity index (χ1v) is 21.3. The van der Waals surface area contributed by atoms with Crippen LogP contribution < -0.4 is 10.1 Å². The number of halogens is 1. The molecule has 0 amide bonds. The summed E-state index contributed by atoms with van der Waals surface area (Å²) in [5, 5.41) is 16.9. The van der Waals surface area contributed by atoms with Crippen LogP contribution in [0.2, 0.25) is 5.02 Å². The van der Waals surface area contributed by atoms with Crippen molar-refractivity contribution >= 4 is 34.6 Å². The number of aromatic nitrogens is 2. The predicted molar refractivity (Wildman–Crippen MR) is 217 cm³/mol. The zero-order chi connectivity index (χ0) is 37.3. The smallest absolute Gasteiger partial charge is 0.329 e. The van der Waals surface area contributed by atoms with Crippen LogP contribution in [0, 0.1) is 11.8 Å². The number of hydrogen-bond donors (Lipinski definition) is 2. The second-order valence-electron chi connectivity index (χ2n) is 16.7. The highest BCUT2D eigenvalue weighted by atomic mass is 35.5. The minimum absolute atomic E-state index is 0.0782. The van der Waals surface area contributed by atoms with Gasteiger partial charge < -0.3 is 15.2 Å². The number of hydrogen-bond acceptors (Lipinski definition) is 8. The van der Waals surface area contributed by atoms with Gasteiger partial charge in [0.05, 0.1) is 17.8 Å². The zero-order valence-electron chi connectivity index (χ0n) is 31.7. The lowest BCUT2D eigenvalue weighted by molar-refractivity contribution is -0.144. The SMILES string of the molecule is C[C@@H](COc1ccnc2c1[C@H](C)CCC2)CC1Cc2ccc(CN3CCN(Cc4cscn4)CC3)cc2C12CCC(Nc1cccc(Cl)c1)(C(=O)O)CC2. The number of rotatable bonds is 12. The van der Waals surface area contributed by atoms with Crippen molar-refractivity contribution in [3.8, 4) is 5.75 Å². The fourth-order valence-corrected chi connectivity index (χ4v) is 10.9. The van der Waals surface area contributed by atoms with E-state index in [1.54, 1.807) is 11.3 Å². The first-order valence-electron chi connectivity index (χ1n) is 20.0. The van der Waals surface area contributed by atoms with Crippen molar-refractivity contribution in [1.29, 1.82) is 0 Å². The standard InChI is InChI=1S/C44H54ClN5O3S/c1-30(27-53-40-11-16-46-39-8-3-5-31(2)41(39)40)21-34-23-33-10-9-32(25-49-17-19-50(20-18-49)26-37-28-54-29-47-37)22-38(33)43(34)12-14-44(15-13-43,42(51)52)48-36-7-4-6-35(45)24-36/h4,6-7,9-11,16,22,24,28-31,34,48H,3,5,8,12-15,17-21,23,25-27H2,1-2H3,(H,51,52)/t30-,31-,34?,43?,44?/m1/s1. The molecule has 1 spiro atoms. The van der Waals surface area contributed by atoms with Crippen LogP contribution in [-0.2, 0) is 36.1 Å². The number of anilines is 1. The monoisotopic (exact) mass is 767 g/mol. The molecule has 1 unspecified atom stereocenters. The highest BCUT2D eigenvalue weighted by Crippen LogP contribution is 2.56. The summed E-state index contributed by atoms with van der Waals surface area (Å²) >= 11 is 7.99. The molecule has 3 atom stereocenters. The molecule has 0 bridgehead atoms. The van der Waals surface area contributed by atoms with Gasteiger partial charge in [0.1, 0.15) is 11.3 Å². The molecule has 4 aliphatic rings. The van der Waals surface area contributed by atoms with Crippen molar-refractivity contribution in [2.24, 2.45) is 11.8 Å². The van der Waals surface area contributed by atoms with Gasteiger partial charge in [0.2, 0.25) is 0 Å². The van der Waals surface area contributed by atoms with E-state index in [-0.39, 0.29) is 5.41 Å². The highest BCUT2D eigenvalue weighted by Gasteiger charge is 2.54. The van der Waals surface area contributed by atoms with E-state index in [0.29, 0.717) is 42.2 Å². The molecule has 2 aromatic heterocycles. The summed E-state index contributed by atoms with van der Waals surface area (Å²) in [6.45, 7) is 11.3. The Morgan fingerprint density at radius 1 is 1.06 bits per heavy atom. The Morgan fingerprint density at radius 2 is 1.85 bits per heavy atom. The number of aliphatic carboxylic acids is 1. The summed E-state index contributed by atoms with van der Waals surface area (Å²) in [7, 11) is 0. The quantitative estimate of drug-likeness (QED) is 0.148. The van der Waals surface area contributed by atoms with Gasteiger partial charge in [0, 0.05) is 72.8 Å². The molecule has 54 heavy (non-hydrogen) atoms. The second-order valence-corrected chi connectivity index (χ2v) is 17.9. The topological polar surface area (TPSA) is 90.8 Å². The summed E-state index contributed by atoms with van der Waals surface area (Å²) in [6, 6.07) is 16.7. The third-order valence-electron chi connectivity index (χ3n) is 13.1. The van der Waals surface area contributed by atoms with Gasteiger partial charge in [-0.1, -0.05) is 49.7 Å². The molecular weight excluding hydrogens is 714 g/mol. The van der Waals surface area contributed by atoms with E-state index in [1.807, 2.05) is 36.0 Å². The molecule has 8 rings (SSSR count). The van der Waals surface area contributed by atoms with Gasteiger partial charge >= 0.3 is 5.97 Å². The molecule has 286 valence electrons. The van der Waals surface area contributed by atoms with Gasteiger partial charge in [-0.15, -0.1) is 11.3 Å². The molecule has 10 heteroatoms. The van der Waals surface area contributed by atoms with E-state index >= 15 is 0 Å². The van der Waals surface area contributed by atoms with Crippen molar-refractivity contribution < 1.29 is 14.6 Å². The van der Waals surface area contributed by atoms with Crippen LogP contribution in [0.3, 0.4) is 0 Å². The number of aryl methyl sites for hydroxylation is 1. The highest BCUT2D eigenvalue weighted by molar-refractivity contribution is 7.07. The van der Waals surface area contributed by atoms with E-state index in [4.69, 9.17) is 21.3 Å². The van der Waals surface area contributed by atoms with E-state index < -0.39 is 11.5 Å². The number of carboxylic acid groups (broad SMARTS) is 1. The third-order valence-corrected chi connectivity index (χ3v) is 14.0. The number of nitrogens with one attached hydrogen (secondary N) is 1. The first kappa shape index (κ1) is 37.4. The number of carboxylic acids is 1. The Labute approximate surface area is 329 Å². The summed E-state index contributed by atoms with van der Waals surface area (Å²) in [5.74, 6) is 1.46. The Morgan fingerprint density at radius 3 is 2.59 bits per heavy atom. The molecule has 3 heterocycles. The fourth-order valence-electron chi connectivity index (χ4n) is 10.2. The fraction of sp³-hybridized carbons (Fsp3) is 0.523. The molecule has 2 N–H and O–H groups in total. The van der Waals surface area contributed by atoms with Crippen LogP contribution in [0.5, 0.6) is 5.75 Å². The maximum Gasteiger partial charge on any atom is 0.329 e. The average Bonchev–Trinajstić information content (AvgIpc) is 3.78. The van der Waals surface area contributed by atoms with Gasteiger partial charge in [-0.05, 0) is 122 Å². The van der Waals surface area contributed by atoms with E-state index in [1.165, 1.54) is 46.5 Å². The largest absolute Gasteiger partial charge is 0.493 e. The van der Waals surface area contributed by atoms with Gasteiger partial charge in [-0.25, -0.2) is 9.78 Å². The number of fused-ring (bicyclic) bond motifs is 3. The molecular formula is C44H54ClN5O3S. The molecule has 0 radical (unpaired) electrons. The minimum Gasteiger partial charge on any atom is -0.493 e. The number of thiazole rings is 1. The number of pyridine rings is 1. The van der Waals surface area contributed by atoms with E-state index in [2.05, 4.69) is 63.6 Å². The lowest BCUT2D eigenvalue weighted by atomic mass is 9.59. The first-order chi connectivity index (χ1) is 26.2. The summed E-state index contributed by atoms with van der Waals surface area (Å²) in [5.41, 5.74) is 9.50. The molecule has 4 aromatic rings. The van der Waals surface area contributed by atoms with Crippen LogP contribution in [0.25, 0.3) is 0 Å². The molecule has 8 nitrogen and oxygen atoms in total. The zero-order valence-corrected chi connectivity index (χ0v) is 33.3. The van der Waals surface area contributed by atoms with Gasteiger partial charge in [-0.3, -0.25) is 14.8 Å².